The van der Waals surface area contributed by atoms with E-state index < -0.39 is 11.5 Å². The predicted octanol–water partition coefficient (Wildman–Crippen LogP) is 2.85. The summed E-state index contributed by atoms with van der Waals surface area (Å²) < 4.78 is 0. The van der Waals surface area contributed by atoms with Crippen molar-refractivity contribution in [3.8, 4) is 0 Å². The molecule has 0 spiro atoms. The lowest BCUT2D eigenvalue weighted by Crippen LogP contribution is -2.57. The molecule has 1 saturated carbocycles. The summed E-state index contributed by atoms with van der Waals surface area (Å²) >= 11 is 0. The zero-order valence-electron chi connectivity index (χ0n) is 13.2. The molecule has 120 valence electrons. The highest BCUT2D eigenvalue weighted by atomic mass is 16.4. The number of hydrogen-bond acceptors (Lipinski definition) is 2. The smallest absolute Gasteiger partial charge is 0.317 e. The number of nitrogens with one attached hydrogen (secondary N) is 1. The van der Waals surface area contributed by atoms with Crippen molar-refractivity contribution in [3.63, 3.8) is 0 Å². The number of rotatable bonds is 3. The van der Waals surface area contributed by atoms with E-state index in [0.29, 0.717) is 11.8 Å². The molecule has 5 nitrogen and oxygen atoms in total. The maximum Gasteiger partial charge on any atom is 0.317 e. The Balaban J connectivity index is 1.99. The van der Waals surface area contributed by atoms with Crippen LogP contribution in [0.1, 0.15) is 58.8 Å². The average Bonchev–Trinajstić information content (AvgIpc) is 2.41. The summed E-state index contributed by atoms with van der Waals surface area (Å²) in [5.74, 6) is 0.334. The lowest BCUT2D eigenvalue weighted by molar-refractivity contribution is -0.139. The maximum atomic E-state index is 12.5. The molecule has 21 heavy (non-hydrogen) atoms. The highest BCUT2D eigenvalue weighted by Crippen LogP contribution is 2.32. The Bertz CT molecular complexity index is 391. The van der Waals surface area contributed by atoms with Gasteiger partial charge in [-0.1, -0.05) is 33.1 Å². The summed E-state index contributed by atoms with van der Waals surface area (Å²) in [5.41, 5.74) is -0.534. The van der Waals surface area contributed by atoms with E-state index in [1.165, 1.54) is 0 Å². The van der Waals surface area contributed by atoms with Crippen LogP contribution in [0.4, 0.5) is 4.79 Å². The van der Waals surface area contributed by atoms with Gasteiger partial charge in [0.05, 0.1) is 12.0 Å². The van der Waals surface area contributed by atoms with Crippen molar-refractivity contribution >= 4 is 12.0 Å². The molecule has 2 aliphatic rings. The number of piperidine rings is 1. The van der Waals surface area contributed by atoms with Crippen LogP contribution in [0, 0.1) is 11.8 Å². The molecule has 1 heterocycles. The first-order chi connectivity index (χ1) is 9.92. The molecule has 0 radical (unpaired) electrons. The molecular weight excluding hydrogens is 268 g/mol. The van der Waals surface area contributed by atoms with Crippen LogP contribution in [0.2, 0.25) is 0 Å². The van der Waals surface area contributed by atoms with E-state index in [4.69, 9.17) is 5.11 Å². The molecule has 5 heteroatoms. The van der Waals surface area contributed by atoms with Gasteiger partial charge in [0.25, 0.3) is 0 Å². The summed E-state index contributed by atoms with van der Waals surface area (Å²) in [7, 11) is 0. The third-order valence-corrected chi connectivity index (χ3v) is 5.29. The first kappa shape index (κ1) is 16.1. The number of urea groups is 1. The Morgan fingerprint density at radius 2 is 1.86 bits per heavy atom. The van der Waals surface area contributed by atoms with E-state index in [-0.39, 0.29) is 12.5 Å². The molecule has 0 bridgehead atoms. The van der Waals surface area contributed by atoms with Crippen LogP contribution in [0.3, 0.4) is 0 Å². The van der Waals surface area contributed by atoms with Crippen LogP contribution < -0.4 is 5.32 Å². The Morgan fingerprint density at radius 3 is 2.43 bits per heavy atom. The SMILES string of the molecule is CC1CCN(C(=O)NC2(CC(=O)O)CCCCC2)CC1C. The summed E-state index contributed by atoms with van der Waals surface area (Å²) in [4.78, 5) is 25.6. The van der Waals surface area contributed by atoms with E-state index in [9.17, 15) is 9.59 Å². The van der Waals surface area contributed by atoms with E-state index in [1.54, 1.807) is 0 Å². The lowest BCUT2D eigenvalue weighted by Gasteiger charge is -2.41. The first-order valence-corrected chi connectivity index (χ1v) is 8.21. The fourth-order valence-corrected chi connectivity index (χ4v) is 3.62. The molecule has 2 atom stereocenters. The van der Waals surface area contributed by atoms with Gasteiger partial charge in [-0.2, -0.15) is 0 Å². The molecule has 0 aromatic heterocycles. The standard InChI is InChI=1S/C16H28N2O3/c1-12-6-9-18(11-13(12)2)15(21)17-16(10-14(19)20)7-4-3-5-8-16/h12-13H,3-11H2,1-2H3,(H,17,21)(H,19,20). The van der Waals surface area contributed by atoms with Crippen molar-refractivity contribution in [2.45, 2.75) is 64.3 Å². The normalized spacial score (nSPS) is 29.0. The van der Waals surface area contributed by atoms with Crippen molar-refractivity contribution in [1.29, 1.82) is 0 Å². The largest absolute Gasteiger partial charge is 0.481 e. The van der Waals surface area contributed by atoms with E-state index in [0.717, 1.165) is 51.6 Å². The van der Waals surface area contributed by atoms with E-state index >= 15 is 0 Å². The number of amides is 2. The van der Waals surface area contributed by atoms with Gasteiger partial charge in [0.2, 0.25) is 0 Å². The summed E-state index contributed by atoms with van der Waals surface area (Å²) in [6, 6.07) is -0.0723. The minimum atomic E-state index is -0.821. The molecule has 1 aliphatic carbocycles. The number of carbonyl (C=O) groups excluding carboxylic acids is 1. The number of aliphatic carboxylic acids is 1. The summed E-state index contributed by atoms with van der Waals surface area (Å²) in [5, 5.41) is 12.2. The van der Waals surface area contributed by atoms with Crippen LogP contribution >= 0.6 is 0 Å². The van der Waals surface area contributed by atoms with E-state index in [2.05, 4.69) is 19.2 Å². The molecular formula is C16H28N2O3. The Kier molecular flexibility index (Phi) is 5.12. The minimum absolute atomic E-state index is 0.0402. The van der Waals surface area contributed by atoms with E-state index in [1.807, 2.05) is 4.90 Å². The van der Waals surface area contributed by atoms with Crippen LogP contribution in [-0.2, 0) is 4.79 Å². The predicted molar refractivity (Wildman–Crippen MR) is 81.1 cm³/mol. The number of hydrogen-bond donors (Lipinski definition) is 2. The van der Waals surface area contributed by atoms with Gasteiger partial charge in [0.15, 0.2) is 0 Å². The van der Waals surface area contributed by atoms with Crippen LogP contribution in [0.15, 0.2) is 0 Å². The van der Waals surface area contributed by atoms with Crippen molar-refractivity contribution in [1.82, 2.24) is 10.2 Å². The molecule has 2 unspecified atom stereocenters. The van der Waals surface area contributed by atoms with Gasteiger partial charge in [-0.05, 0) is 31.1 Å². The Hall–Kier alpha value is -1.26. The summed E-state index contributed by atoms with van der Waals surface area (Å²) in [6.45, 7) is 5.96. The maximum absolute atomic E-state index is 12.5. The van der Waals surface area contributed by atoms with Crippen LogP contribution in [0.25, 0.3) is 0 Å². The van der Waals surface area contributed by atoms with Crippen molar-refractivity contribution < 1.29 is 14.7 Å². The highest BCUT2D eigenvalue weighted by molar-refractivity contribution is 5.77. The van der Waals surface area contributed by atoms with Crippen molar-refractivity contribution in [3.05, 3.63) is 0 Å². The molecule has 2 fully saturated rings. The second-order valence-electron chi connectivity index (χ2n) is 7.03. The van der Waals surface area contributed by atoms with Crippen molar-refractivity contribution in [2.24, 2.45) is 11.8 Å². The third kappa shape index (κ3) is 4.11. The van der Waals surface area contributed by atoms with Gasteiger partial charge in [-0.25, -0.2) is 4.79 Å². The molecule has 2 amide bonds. The van der Waals surface area contributed by atoms with Gasteiger partial charge in [0, 0.05) is 13.1 Å². The lowest BCUT2D eigenvalue weighted by atomic mass is 9.79. The third-order valence-electron chi connectivity index (χ3n) is 5.29. The Morgan fingerprint density at radius 1 is 1.19 bits per heavy atom. The number of carboxylic acid groups (broad SMARTS) is 1. The van der Waals surface area contributed by atoms with Gasteiger partial charge in [-0.15, -0.1) is 0 Å². The number of nitrogens with zero attached hydrogens (tertiary/aromatic N) is 1. The average molecular weight is 296 g/mol. The zero-order chi connectivity index (χ0) is 15.5. The van der Waals surface area contributed by atoms with Gasteiger partial charge in [0.1, 0.15) is 0 Å². The molecule has 0 aromatic rings. The van der Waals surface area contributed by atoms with Gasteiger partial charge in [-0.3, -0.25) is 4.79 Å². The summed E-state index contributed by atoms with van der Waals surface area (Å²) in [6.07, 6.45) is 5.77. The highest BCUT2D eigenvalue weighted by Gasteiger charge is 2.37. The number of likely N-dealkylation sites (tertiary alicyclic amines) is 1. The number of carboxylic acids is 1. The number of carbonyl (C=O) groups is 2. The van der Waals surface area contributed by atoms with Crippen LogP contribution in [-0.4, -0.2) is 40.6 Å². The fourth-order valence-electron chi connectivity index (χ4n) is 3.62. The molecule has 0 aromatic carbocycles. The topological polar surface area (TPSA) is 69.6 Å². The second-order valence-corrected chi connectivity index (χ2v) is 7.03. The monoisotopic (exact) mass is 296 g/mol. The minimum Gasteiger partial charge on any atom is -0.481 e. The van der Waals surface area contributed by atoms with Crippen molar-refractivity contribution in [2.75, 3.05) is 13.1 Å². The Labute approximate surface area is 127 Å². The fraction of sp³-hybridized carbons (Fsp3) is 0.875. The van der Waals surface area contributed by atoms with Gasteiger partial charge < -0.3 is 15.3 Å². The first-order valence-electron chi connectivity index (χ1n) is 8.21. The molecule has 1 aliphatic heterocycles. The molecule has 1 saturated heterocycles. The van der Waals surface area contributed by atoms with Crippen LogP contribution in [0.5, 0.6) is 0 Å². The molecule has 2 N–H and O–H groups in total. The molecule has 2 rings (SSSR count). The van der Waals surface area contributed by atoms with Gasteiger partial charge >= 0.3 is 12.0 Å². The quantitative estimate of drug-likeness (QED) is 0.841. The zero-order valence-corrected chi connectivity index (χ0v) is 13.2. The second kappa shape index (κ2) is 6.67.